The molecule has 5 nitrogen and oxygen atoms in total. The number of carbonyl (C=O) groups excluding carboxylic acids is 1. The van der Waals surface area contributed by atoms with Crippen molar-refractivity contribution in [3.8, 4) is 5.75 Å². The molecule has 0 fully saturated rings. The minimum absolute atomic E-state index is 0.0278. The highest BCUT2D eigenvalue weighted by Gasteiger charge is 2.23. The third-order valence-electron chi connectivity index (χ3n) is 4.87. The Kier molecular flexibility index (Phi) is 5.47. The zero-order valence-electron chi connectivity index (χ0n) is 16.8. The summed E-state index contributed by atoms with van der Waals surface area (Å²) in [4.78, 5) is 19.4. The molecular weight excluding hydrogens is 362 g/mol. The zero-order chi connectivity index (χ0) is 20.2. The number of para-hydroxylation sites is 3. The van der Waals surface area contributed by atoms with Crippen LogP contribution in [-0.4, -0.2) is 23.5 Å². The van der Waals surface area contributed by atoms with Crippen molar-refractivity contribution < 1.29 is 9.53 Å². The highest BCUT2D eigenvalue weighted by atomic mass is 16.5. The van der Waals surface area contributed by atoms with Crippen LogP contribution in [0.2, 0.25) is 0 Å². The standard InChI is InChI=1S/C24H25N3O2/c1-17(2)29-23-12-6-4-10-21(23)26-20-14-19(15-25-16-20)24(28)27-13-7-9-18-8-3-5-11-22(18)27/h3-6,8,10-12,14-17,26H,7,9,13H2,1-2H3. The predicted octanol–water partition coefficient (Wildman–Crippen LogP) is 5.21. The lowest BCUT2D eigenvalue weighted by molar-refractivity contribution is 0.0985. The molecule has 2 heterocycles. The van der Waals surface area contributed by atoms with Gasteiger partial charge in [-0.3, -0.25) is 9.78 Å². The molecular formula is C24H25N3O2. The Labute approximate surface area is 171 Å². The summed E-state index contributed by atoms with van der Waals surface area (Å²) in [5, 5.41) is 3.34. The van der Waals surface area contributed by atoms with Crippen molar-refractivity contribution in [2.24, 2.45) is 0 Å². The number of hydrogen-bond acceptors (Lipinski definition) is 4. The molecule has 0 atom stereocenters. The van der Waals surface area contributed by atoms with Gasteiger partial charge in [0.25, 0.3) is 5.91 Å². The lowest BCUT2D eigenvalue weighted by Crippen LogP contribution is -2.35. The van der Waals surface area contributed by atoms with E-state index in [1.54, 1.807) is 12.4 Å². The molecule has 1 aliphatic heterocycles. The van der Waals surface area contributed by atoms with Gasteiger partial charge in [-0.15, -0.1) is 0 Å². The maximum absolute atomic E-state index is 13.2. The number of pyridine rings is 1. The second kappa shape index (κ2) is 8.35. The third kappa shape index (κ3) is 4.24. The Morgan fingerprint density at radius 2 is 1.90 bits per heavy atom. The van der Waals surface area contributed by atoms with E-state index in [4.69, 9.17) is 4.74 Å². The fraction of sp³-hybridized carbons (Fsp3) is 0.250. The van der Waals surface area contributed by atoms with Crippen molar-refractivity contribution in [2.75, 3.05) is 16.8 Å². The topological polar surface area (TPSA) is 54.5 Å². The molecule has 0 aliphatic carbocycles. The average Bonchev–Trinajstić information content (AvgIpc) is 2.74. The minimum atomic E-state index is -0.0278. The number of hydrogen-bond donors (Lipinski definition) is 1. The van der Waals surface area contributed by atoms with Crippen molar-refractivity contribution >= 4 is 23.0 Å². The first-order valence-corrected chi connectivity index (χ1v) is 9.99. The van der Waals surface area contributed by atoms with Crippen LogP contribution in [0.25, 0.3) is 0 Å². The van der Waals surface area contributed by atoms with Crippen molar-refractivity contribution in [2.45, 2.75) is 32.8 Å². The molecule has 0 saturated carbocycles. The molecule has 5 heteroatoms. The number of rotatable bonds is 5. The molecule has 4 rings (SSSR count). The predicted molar refractivity (Wildman–Crippen MR) is 116 cm³/mol. The molecule has 1 N–H and O–H groups in total. The smallest absolute Gasteiger partial charge is 0.259 e. The number of aryl methyl sites for hydroxylation is 1. The lowest BCUT2D eigenvalue weighted by atomic mass is 10.0. The molecule has 1 amide bonds. The van der Waals surface area contributed by atoms with Crippen LogP contribution in [0.15, 0.2) is 67.0 Å². The fourth-order valence-electron chi connectivity index (χ4n) is 3.61. The van der Waals surface area contributed by atoms with Crippen LogP contribution in [0.5, 0.6) is 5.75 Å². The summed E-state index contributed by atoms with van der Waals surface area (Å²) < 4.78 is 5.87. The SMILES string of the molecule is CC(C)Oc1ccccc1Nc1cncc(C(=O)N2CCCc3ccccc32)c1. The Morgan fingerprint density at radius 1 is 1.10 bits per heavy atom. The number of nitrogens with zero attached hydrogens (tertiary/aromatic N) is 2. The van der Waals surface area contributed by atoms with Gasteiger partial charge in [0.1, 0.15) is 5.75 Å². The van der Waals surface area contributed by atoms with Gasteiger partial charge in [-0.25, -0.2) is 0 Å². The van der Waals surface area contributed by atoms with E-state index in [0.29, 0.717) is 5.56 Å². The van der Waals surface area contributed by atoms with Gasteiger partial charge in [0.05, 0.1) is 29.2 Å². The number of nitrogens with one attached hydrogen (secondary N) is 1. The molecule has 29 heavy (non-hydrogen) atoms. The normalized spacial score (nSPS) is 13.1. The van der Waals surface area contributed by atoms with E-state index in [0.717, 1.165) is 42.2 Å². The molecule has 0 saturated heterocycles. The minimum Gasteiger partial charge on any atom is -0.489 e. The third-order valence-corrected chi connectivity index (χ3v) is 4.87. The monoisotopic (exact) mass is 387 g/mol. The average molecular weight is 387 g/mol. The number of amides is 1. The summed E-state index contributed by atoms with van der Waals surface area (Å²) in [6.45, 7) is 4.71. The molecule has 148 valence electrons. The van der Waals surface area contributed by atoms with Gasteiger partial charge in [0.15, 0.2) is 0 Å². The molecule has 1 aromatic heterocycles. The van der Waals surface area contributed by atoms with Gasteiger partial charge in [-0.2, -0.15) is 0 Å². The number of carbonyl (C=O) groups is 1. The van der Waals surface area contributed by atoms with E-state index in [1.165, 1.54) is 5.56 Å². The van der Waals surface area contributed by atoms with Crippen LogP contribution >= 0.6 is 0 Å². The summed E-state index contributed by atoms with van der Waals surface area (Å²) in [7, 11) is 0. The van der Waals surface area contributed by atoms with Gasteiger partial charge < -0.3 is 15.0 Å². The van der Waals surface area contributed by atoms with E-state index in [2.05, 4.69) is 16.4 Å². The molecule has 3 aromatic rings. The first kappa shape index (κ1) is 19.0. The highest BCUT2D eigenvalue weighted by molar-refractivity contribution is 6.07. The van der Waals surface area contributed by atoms with Crippen LogP contribution in [-0.2, 0) is 6.42 Å². The Morgan fingerprint density at radius 3 is 2.76 bits per heavy atom. The van der Waals surface area contributed by atoms with Gasteiger partial charge in [-0.05, 0) is 56.5 Å². The van der Waals surface area contributed by atoms with E-state index in [9.17, 15) is 4.79 Å². The number of ether oxygens (including phenoxy) is 1. The van der Waals surface area contributed by atoms with E-state index < -0.39 is 0 Å². The van der Waals surface area contributed by atoms with Gasteiger partial charge in [0.2, 0.25) is 0 Å². The zero-order valence-corrected chi connectivity index (χ0v) is 16.8. The fourth-order valence-corrected chi connectivity index (χ4v) is 3.61. The second-order valence-corrected chi connectivity index (χ2v) is 7.44. The maximum Gasteiger partial charge on any atom is 0.259 e. The molecule has 0 unspecified atom stereocenters. The van der Waals surface area contributed by atoms with E-state index >= 15 is 0 Å². The second-order valence-electron chi connectivity index (χ2n) is 7.44. The van der Waals surface area contributed by atoms with E-state index in [1.807, 2.05) is 67.3 Å². The van der Waals surface area contributed by atoms with Crippen LogP contribution < -0.4 is 15.0 Å². The van der Waals surface area contributed by atoms with Crippen molar-refractivity contribution in [3.63, 3.8) is 0 Å². The molecule has 0 radical (unpaired) electrons. The summed E-state index contributed by atoms with van der Waals surface area (Å²) in [6.07, 6.45) is 5.39. The summed E-state index contributed by atoms with van der Waals surface area (Å²) in [5.74, 6) is 0.740. The summed E-state index contributed by atoms with van der Waals surface area (Å²) in [5.41, 5.74) is 4.37. The van der Waals surface area contributed by atoms with Gasteiger partial charge in [0, 0.05) is 18.4 Å². The van der Waals surface area contributed by atoms with Gasteiger partial charge in [-0.1, -0.05) is 30.3 Å². The van der Waals surface area contributed by atoms with Crippen molar-refractivity contribution in [1.82, 2.24) is 4.98 Å². The number of anilines is 3. The number of benzene rings is 2. The quantitative estimate of drug-likeness (QED) is 0.653. The first-order valence-electron chi connectivity index (χ1n) is 9.99. The van der Waals surface area contributed by atoms with Crippen molar-refractivity contribution in [1.29, 1.82) is 0 Å². The molecule has 1 aliphatic rings. The van der Waals surface area contributed by atoms with Crippen LogP contribution in [0.4, 0.5) is 17.1 Å². The molecule has 0 spiro atoms. The van der Waals surface area contributed by atoms with Gasteiger partial charge >= 0.3 is 0 Å². The first-order chi connectivity index (χ1) is 14.1. The Hall–Kier alpha value is -3.34. The van der Waals surface area contributed by atoms with E-state index in [-0.39, 0.29) is 12.0 Å². The lowest BCUT2D eigenvalue weighted by Gasteiger charge is -2.29. The summed E-state index contributed by atoms with van der Waals surface area (Å²) in [6, 6.07) is 17.7. The van der Waals surface area contributed by atoms with Crippen molar-refractivity contribution in [3.05, 3.63) is 78.1 Å². The van der Waals surface area contributed by atoms with Crippen LogP contribution in [0.3, 0.4) is 0 Å². The Balaban J connectivity index is 1.58. The van der Waals surface area contributed by atoms with Crippen LogP contribution in [0.1, 0.15) is 36.2 Å². The number of fused-ring (bicyclic) bond motifs is 1. The highest BCUT2D eigenvalue weighted by Crippen LogP contribution is 2.30. The molecule has 2 aromatic carbocycles. The Bertz CT molecular complexity index is 1020. The number of aromatic nitrogens is 1. The van der Waals surface area contributed by atoms with Crippen LogP contribution in [0, 0.1) is 0 Å². The summed E-state index contributed by atoms with van der Waals surface area (Å²) >= 11 is 0. The molecule has 0 bridgehead atoms. The largest absolute Gasteiger partial charge is 0.489 e. The maximum atomic E-state index is 13.2.